The highest BCUT2D eigenvalue weighted by Gasteiger charge is 2.26. The number of anilines is 1. The molecule has 1 saturated heterocycles. The molecule has 1 aliphatic heterocycles. The Morgan fingerprint density at radius 2 is 2.12 bits per heavy atom. The van der Waals surface area contributed by atoms with Gasteiger partial charge in [0.1, 0.15) is 17.5 Å². The van der Waals surface area contributed by atoms with Crippen molar-refractivity contribution in [1.29, 1.82) is 0 Å². The van der Waals surface area contributed by atoms with Gasteiger partial charge in [0.05, 0.1) is 10.8 Å². The van der Waals surface area contributed by atoms with Gasteiger partial charge in [0.25, 0.3) is 5.69 Å². The molecule has 7 nitrogen and oxygen atoms in total. The van der Waals surface area contributed by atoms with E-state index in [1.165, 1.54) is 12.3 Å². The summed E-state index contributed by atoms with van der Waals surface area (Å²) in [5.41, 5.74) is 1.68. The van der Waals surface area contributed by atoms with Crippen LogP contribution in [0.5, 0.6) is 0 Å². The SMILES string of the molecule is O=[N+]([O-])c1ccc(N2CCC[C@@H](c3nc4ccccc4o3)C2)nc1. The van der Waals surface area contributed by atoms with Gasteiger partial charge in [-0.3, -0.25) is 10.1 Å². The molecule has 0 N–H and O–H groups in total. The van der Waals surface area contributed by atoms with Gasteiger partial charge in [0, 0.05) is 19.2 Å². The van der Waals surface area contributed by atoms with Crippen LogP contribution in [-0.4, -0.2) is 28.0 Å². The monoisotopic (exact) mass is 324 g/mol. The molecule has 0 saturated carbocycles. The summed E-state index contributed by atoms with van der Waals surface area (Å²) < 4.78 is 5.89. The number of nitro groups is 1. The van der Waals surface area contributed by atoms with Crippen molar-refractivity contribution in [2.75, 3.05) is 18.0 Å². The minimum atomic E-state index is -0.436. The smallest absolute Gasteiger partial charge is 0.287 e. The second kappa shape index (κ2) is 5.92. The summed E-state index contributed by atoms with van der Waals surface area (Å²) >= 11 is 0. The number of rotatable bonds is 3. The highest BCUT2D eigenvalue weighted by atomic mass is 16.6. The first-order valence-electron chi connectivity index (χ1n) is 7.91. The number of hydrogen-bond donors (Lipinski definition) is 0. The lowest BCUT2D eigenvalue weighted by Gasteiger charge is -2.32. The molecule has 3 heterocycles. The van der Waals surface area contributed by atoms with Crippen LogP contribution < -0.4 is 4.90 Å². The van der Waals surface area contributed by atoms with E-state index in [1.54, 1.807) is 6.07 Å². The Morgan fingerprint density at radius 1 is 1.25 bits per heavy atom. The molecule has 3 aromatic rings. The van der Waals surface area contributed by atoms with E-state index in [0.717, 1.165) is 48.7 Å². The molecule has 1 aromatic carbocycles. The standard InChI is InChI=1S/C17H16N4O3/c22-21(23)13-7-8-16(18-10-13)20-9-3-4-12(11-20)17-19-14-5-1-2-6-15(14)24-17/h1-2,5-8,10,12H,3-4,9,11H2/t12-/m1/s1. The fraction of sp³-hybridized carbons (Fsp3) is 0.294. The summed E-state index contributed by atoms with van der Waals surface area (Å²) in [6.45, 7) is 1.62. The van der Waals surface area contributed by atoms with Gasteiger partial charge in [-0.05, 0) is 31.0 Å². The highest BCUT2D eigenvalue weighted by Crippen LogP contribution is 2.31. The van der Waals surface area contributed by atoms with Crippen LogP contribution in [0.1, 0.15) is 24.7 Å². The van der Waals surface area contributed by atoms with Crippen molar-refractivity contribution in [3.63, 3.8) is 0 Å². The molecule has 24 heavy (non-hydrogen) atoms. The zero-order valence-electron chi connectivity index (χ0n) is 13.0. The Labute approximate surface area is 138 Å². The summed E-state index contributed by atoms with van der Waals surface area (Å²) in [5, 5.41) is 10.7. The predicted octanol–water partition coefficient (Wildman–Crippen LogP) is 3.52. The maximum Gasteiger partial charge on any atom is 0.287 e. The first-order chi connectivity index (χ1) is 11.7. The lowest BCUT2D eigenvalue weighted by atomic mass is 9.98. The van der Waals surface area contributed by atoms with Crippen molar-refractivity contribution in [1.82, 2.24) is 9.97 Å². The molecule has 0 radical (unpaired) electrons. The Hall–Kier alpha value is -2.96. The van der Waals surface area contributed by atoms with Gasteiger partial charge in [-0.1, -0.05) is 12.1 Å². The second-order valence-electron chi connectivity index (χ2n) is 5.94. The van der Waals surface area contributed by atoms with Crippen molar-refractivity contribution in [3.05, 3.63) is 58.6 Å². The van der Waals surface area contributed by atoms with Gasteiger partial charge in [-0.25, -0.2) is 9.97 Å². The van der Waals surface area contributed by atoms with Gasteiger partial charge in [-0.15, -0.1) is 0 Å². The lowest BCUT2D eigenvalue weighted by Crippen LogP contribution is -2.35. The molecular formula is C17H16N4O3. The van der Waals surface area contributed by atoms with E-state index in [9.17, 15) is 10.1 Å². The summed E-state index contributed by atoms with van der Waals surface area (Å²) in [5.74, 6) is 1.70. The fourth-order valence-corrected chi connectivity index (χ4v) is 3.12. The molecule has 1 fully saturated rings. The van der Waals surface area contributed by atoms with E-state index < -0.39 is 4.92 Å². The Kier molecular flexibility index (Phi) is 3.60. The van der Waals surface area contributed by atoms with Crippen LogP contribution in [0.4, 0.5) is 11.5 Å². The Morgan fingerprint density at radius 3 is 2.88 bits per heavy atom. The third-order valence-corrected chi connectivity index (χ3v) is 4.35. The highest BCUT2D eigenvalue weighted by molar-refractivity contribution is 5.72. The molecule has 0 amide bonds. The molecule has 1 atom stereocenters. The molecule has 0 aliphatic carbocycles. The topological polar surface area (TPSA) is 85.3 Å². The largest absolute Gasteiger partial charge is 0.440 e. The number of nitrogens with zero attached hydrogens (tertiary/aromatic N) is 4. The average molecular weight is 324 g/mol. The van der Waals surface area contributed by atoms with E-state index in [4.69, 9.17) is 4.42 Å². The normalized spacial score (nSPS) is 18.0. The van der Waals surface area contributed by atoms with E-state index in [0.29, 0.717) is 0 Å². The zero-order chi connectivity index (χ0) is 16.5. The van der Waals surface area contributed by atoms with E-state index in [2.05, 4.69) is 14.9 Å². The van der Waals surface area contributed by atoms with E-state index >= 15 is 0 Å². The van der Waals surface area contributed by atoms with Crippen LogP contribution in [0.3, 0.4) is 0 Å². The molecule has 0 unspecified atom stereocenters. The number of piperidine rings is 1. The first-order valence-corrected chi connectivity index (χ1v) is 7.91. The number of pyridine rings is 1. The number of oxazole rings is 1. The van der Waals surface area contributed by atoms with Gasteiger partial charge < -0.3 is 9.32 Å². The fourth-order valence-electron chi connectivity index (χ4n) is 3.12. The Balaban J connectivity index is 1.55. The number of fused-ring (bicyclic) bond motifs is 1. The van der Waals surface area contributed by atoms with Crippen molar-refractivity contribution < 1.29 is 9.34 Å². The van der Waals surface area contributed by atoms with Crippen molar-refractivity contribution in [3.8, 4) is 0 Å². The maximum atomic E-state index is 10.7. The number of hydrogen-bond acceptors (Lipinski definition) is 6. The summed E-state index contributed by atoms with van der Waals surface area (Å²) in [7, 11) is 0. The third-order valence-electron chi connectivity index (χ3n) is 4.35. The van der Waals surface area contributed by atoms with E-state index in [-0.39, 0.29) is 11.6 Å². The number of benzene rings is 1. The molecule has 1 aliphatic rings. The van der Waals surface area contributed by atoms with Gasteiger partial charge >= 0.3 is 0 Å². The third kappa shape index (κ3) is 2.68. The molecular weight excluding hydrogens is 308 g/mol. The van der Waals surface area contributed by atoms with E-state index in [1.807, 2.05) is 24.3 Å². The van der Waals surface area contributed by atoms with Crippen LogP contribution in [0.2, 0.25) is 0 Å². The second-order valence-corrected chi connectivity index (χ2v) is 5.94. The van der Waals surface area contributed by atoms with Gasteiger partial charge in [0.2, 0.25) is 0 Å². The van der Waals surface area contributed by atoms with Gasteiger partial charge in [-0.2, -0.15) is 0 Å². The predicted molar refractivity (Wildman–Crippen MR) is 89.1 cm³/mol. The minimum Gasteiger partial charge on any atom is -0.440 e. The van der Waals surface area contributed by atoms with Crippen LogP contribution in [0.15, 0.2) is 47.0 Å². The summed E-state index contributed by atoms with van der Waals surface area (Å²) in [6.07, 6.45) is 3.32. The van der Waals surface area contributed by atoms with Crippen LogP contribution in [0, 0.1) is 10.1 Å². The molecule has 4 rings (SSSR count). The van der Waals surface area contributed by atoms with Crippen LogP contribution in [-0.2, 0) is 0 Å². The van der Waals surface area contributed by atoms with Crippen LogP contribution >= 0.6 is 0 Å². The Bertz CT molecular complexity index is 842. The zero-order valence-corrected chi connectivity index (χ0v) is 13.0. The van der Waals surface area contributed by atoms with Crippen molar-refractivity contribution in [2.45, 2.75) is 18.8 Å². The average Bonchev–Trinajstić information content (AvgIpc) is 3.06. The summed E-state index contributed by atoms with van der Waals surface area (Å²) in [6, 6.07) is 10.9. The molecule has 0 spiro atoms. The molecule has 122 valence electrons. The maximum absolute atomic E-state index is 10.7. The number of para-hydroxylation sites is 2. The molecule has 2 aromatic heterocycles. The molecule has 7 heteroatoms. The molecule has 0 bridgehead atoms. The first kappa shape index (κ1) is 14.6. The van der Waals surface area contributed by atoms with Crippen LogP contribution in [0.25, 0.3) is 11.1 Å². The van der Waals surface area contributed by atoms with Crippen molar-refractivity contribution >= 4 is 22.6 Å². The van der Waals surface area contributed by atoms with Gasteiger partial charge in [0.15, 0.2) is 11.5 Å². The quantitative estimate of drug-likeness (QED) is 0.541. The van der Waals surface area contributed by atoms with Crippen molar-refractivity contribution in [2.24, 2.45) is 0 Å². The summed E-state index contributed by atoms with van der Waals surface area (Å²) in [4.78, 5) is 21.3. The minimum absolute atomic E-state index is 0.00580. The number of aromatic nitrogens is 2. The lowest BCUT2D eigenvalue weighted by molar-refractivity contribution is -0.385.